The first kappa shape index (κ1) is 13.6. The van der Waals surface area contributed by atoms with Gasteiger partial charge in [0.25, 0.3) is 5.91 Å². The number of nitrogens with one attached hydrogen (secondary N) is 2. The van der Waals surface area contributed by atoms with Crippen molar-refractivity contribution in [2.75, 3.05) is 5.32 Å². The molecule has 3 rings (SSSR count). The minimum Gasteiger partial charge on any atom is -0.506 e. The number of fused-ring (bicyclic) bond motifs is 1. The van der Waals surface area contributed by atoms with Gasteiger partial charge in [-0.2, -0.15) is 0 Å². The molecule has 0 saturated heterocycles. The molecule has 2 aromatic rings. The van der Waals surface area contributed by atoms with Crippen LogP contribution in [0.5, 0.6) is 5.75 Å². The molecule has 0 unspecified atom stereocenters. The van der Waals surface area contributed by atoms with Crippen LogP contribution < -0.4 is 10.6 Å². The van der Waals surface area contributed by atoms with E-state index >= 15 is 0 Å². The first-order valence-electron chi connectivity index (χ1n) is 7.13. The van der Waals surface area contributed by atoms with E-state index in [1.54, 1.807) is 6.07 Å². The van der Waals surface area contributed by atoms with Gasteiger partial charge in [0, 0.05) is 18.7 Å². The SMILES string of the molecule is CCc1ccc(O)c(NC(=O)c2ccc3c(c2)CNC3)c1. The van der Waals surface area contributed by atoms with Crippen LogP contribution in [0.25, 0.3) is 0 Å². The number of rotatable bonds is 3. The molecule has 0 atom stereocenters. The lowest BCUT2D eigenvalue weighted by atomic mass is 10.1. The van der Waals surface area contributed by atoms with Crippen molar-refractivity contribution in [3.05, 3.63) is 58.7 Å². The highest BCUT2D eigenvalue weighted by molar-refractivity contribution is 6.05. The van der Waals surface area contributed by atoms with Gasteiger partial charge in [-0.15, -0.1) is 0 Å². The quantitative estimate of drug-likeness (QED) is 0.759. The number of amides is 1. The van der Waals surface area contributed by atoms with Gasteiger partial charge in [-0.1, -0.05) is 19.1 Å². The summed E-state index contributed by atoms with van der Waals surface area (Å²) in [5.74, 6) is -0.114. The Morgan fingerprint density at radius 2 is 2.00 bits per heavy atom. The van der Waals surface area contributed by atoms with Crippen LogP contribution in [0.4, 0.5) is 5.69 Å². The molecule has 108 valence electrons. The number of hydrogen-bond donors (Lipinski definition) is 3. The summed E-state index contributed by atoms with van der Waals surface area (Å²) in [7, 11) is 0. The van der Waals surface area contributed by atoms with E-state index in [4.69, 9.17) is 0 Å². The zero-order chi connectivity index (χ0) is 14.8. The second kappa shape index (κ2) is 5.58. The number of aryl methyl sites for hydroxylation is 1. The molecule has 0 aromatic heterocycles. The summed E-state index contributed by atoms with van der Waals surface area (Å²) in [5.41, 5.74) is 4.54. The maximum absolute atomic E-state index is 12.3. The van der Waals surface area contributed by atoms with E-state index in [9.17, 15) is 9.90 Å². The van der Waals surface area contributed by atoms with Crippen molar-refractivity contribution >= 4 is 11.6 Å². The van der Waals surface area contributed by atoms with E-state index in [1.807, 2.05) is 37.3 Å². The zero-order valence-electron chi connectivity index (χ0n) is 11.9. The van der Waals surface area contributed by atoms with Crippen LogP contribution in [-0.4, -0.2) is 11.0 Å². The number of benzene rings is 2. The highest BCUT2D eigenvalue weighted by Crippen LogP contribution is 2.25. The molecule has 0 bridgehead atoms. The van der Waals surface area contributed by atoms with Gasteiger partial charge in [-0.25, -0.2) is 0 Å². The van der Waals surface area contributed by atoms with Crippen molar-refractivity contribution in [2.45, 2.75) is 26.4 Å². The number of phenols is 1. The fourth-order valence-corrected chi connectivity index (χ4v) is 2.53. The summed E-state index contributed by atoms with van der Waals surface area (Å²) < 4.78 is 0. The summed E-state index contributed by atoms with van der Waals surface area (Å²) in [5, 5.41) is 15.9. The maximum Gasteiger partial charge on any atom is 0.255 e. The second-order valence-electron chi connectivity index (χ2n) is 5.25. The van der Waals surface area contributed by atoms with Gasteiger partial charge in [0.2, 0.25) is 0 Å². The Kier molecular flexibility index (Phi) is 3.62. The van der Waals surface area contributed by atoms with Gasteiger partial charge in [0.1, 0.15) is 5.75 Å². The number of anilines is 1. The number of aromatic hydroxyl groups is 1. The van der Waals surface area contributed by atoms with Crippen molar-refractivity contribution in [1.29, 1.82) is 0 Å². The maximum atomic E-state index is 12.3. The summed E-state index contributed by atoms with van der Waals surface area (Å²) in [6, 6.07) is 11.0. The van der Waals surface area contributed by atoms with Crippen LogP contribution >= 0.6 is 0 Å². The van der Waals surface area contributed by atoms with Crippen molar-refractivity contribution in [3.63, 3.8) is 0 Å². The Hall–Kier alpha value is -2.33. The topological polar surface area (TPSA) is 61.4 Å². The molecule has 1 aliphatic heterocycles. The van der Waals surface area contributed by atoms with E-state index in [1.165, 1.54) is 5.56 Å². The first-order valence-corrected chi connectivity index (χ1v) is 7.13. The van der Waals surface area contributed by atoms with Gasteiger partial charge < -0.3 is 15.7 Å². The van der Waals surface area contributed by atoms with E-state index in [2.05, 4.69) is 10.6 Å². The molecule has 0 radical (unpaired) electrons. The van der Waals surface area contributed by atoms with Crippen molar-refractivity contribution in [2.24, 2.45) is 0 Å². The van der Waals surface area contributed by atoms with Crippen LogP contribution in [-0.2, 0) is 19.5 Å². The average Bonchev–Trinajstić information content (AvgIpc) is 2.96. The Balaban J connectivity index is 1.83. The minimum absolute atomic E-state index is 0.0865. The smallest absolute Gasteiger partial charge is 0.255 e. The van der Waals surface area contributed by atoms with E-state index < -0.39 is 0 Å². The third-order valence-electron chi connectivity index (χ3n) is 3.82. The van der Waals surface area contributed by atoms with Crippen LogP contribution in [0, 0.1) is 0 Å². The average molecular weight is 282 g/mol. The Bertz CT molecular complexity index is 695. The third-order valence-corrected chi connectivity index (χ3v) is 3.82. The fraction of sp³-hybridized carbons (Fsp3) is 0.235. The van der Waals surface area contributed by atoms with Crippen LogP contribution in [0.3, 0.4) is 0 Å². The highest BCUT2D eigenvalue weighted by Gasteiger charge is 2.14. The van der Waals surface area contributed by atoms with E-state index in [0.717, 1.165) is 30.6 Å². The summed E-state index contributed by atoms with van der Waals surface area (Å²) in [4.78, 5) is 12.3. The lowest BCUT2D eigenvalue weighted by Gasteiger charge is -2.10. The largest absolute Gasteiger partial charge is 0.506 e. The molecule has 0 spiro atoms. The standard InChI is InChI=1S/C17H18N2O2/c1-2-11-3-6-16(20)15(7-11)19-17(21)12-4-5-13-9-18-10-14(13)8-12/h3-8,18,20H,2,9-10H2,1H3,(H,19,21). The third kappa shape index (κ3) is 2.76. The molecule has 0 saturated carbocycles. The van der Waals surface area contributed by atoms with Crippen molar-refractivity contribution < 1.29 is 9.90 Å². The zero-order valence-corrected chi connectivity index (χ0v) is 11.9. The van der Waals surface area contributed by atoms with E-state index in [0.29, 0.717) is 11.3 Å². The minimum atomic E-state index is -0.201. The van der Waals surface area contributed by atoms with E-state index in [-0.39, 0.29) is 11.7 Å². The first-order chi connectivity index (χ1) is 10.2. The Labute approximate surface area is 123 Å². The predicted octanol–water partition coefficient (Wildman–Crippen LogP) is 2.81. The molecule has 1 heterocycles. The number of phenolic OH excluding ortho intramolecular Hbond substituents is 1. The van der Waals surface area contributed by atoms with Gasteiger partial charge in [-0.05, 0) is 47.4 Å². The predicted molar refractivity (Wildman–Crippen MR) is 82.4 cm³/mol. The molecule has 1 aliphatic rings. The molecule has 21 heavy (non-hydrogen) atoms. The normalized spacial score (nSPS) is 13.0. The summed E-state index contributed by atoms with van der Waals surface area (Å²) in [6.07, 6.45) is 0.855. The number of carbonyl (C=O) groups is 1. The Morgan fingerprint density at radius 1 is 1.19 bits per heavy atom. The molecular weight excluding hydrogens is 264 g/mol. The van der Waals surface area contributed by atoms with Gasteiger partial charge in [-0.3, -0.25) is 4.79 Å². The lowest BCUT2D eigenvalue weighted by Crippen LogP contribution is -2.12. The molecule has 4 nitrogen and oxygen atoms in total. The molecule has 0 fully saturated rings. The molecular formula is C17H18N2O2. The van der Waals surface area contributed by atoms with Crippen molar-refractivity contribution in [1.82, 2.24) is 5.32 Å². The van der Waals surface area contributed by atoms with Gasteiger partial charge in [0.15, 0.2) is 0 Å². The molecule has 1 amide bonds. The van der Waals surface area contributed by atoms with Crippen molar-refractivity contribution in [3.8, 4) is 5.75 Å². The number of carbonyl (C=O) groups excluding carboxylic acids is 1. The second-order valence-corrected chi connectivity index (χ2v) is 5.25. The highest BCUT2D eigenvalue weighted by atomic mass is 16.3. The summed E-state index contributed by atoms with van der Waals surface area (Å²) in [6.45, 7) is 3.69. The van der Waals surface area contributed by atoms with Crippen LogP contribution in [0.15, 0.2) is 36.4 Å². The molecule has 3 N–H and O–H groups in total. The summed E-state index contributed by atoms with van der Waals surface area (Å²) >= 11 is 0. The number of hydrogen-bond acceptors (Lipinski definition) is 3. The van der Waals surface area contributed by atoms with Gasteiger partial charge in [0.05, 0.1) is 5.69 Å². The Morgan fingerprint density at radius 3 is 2.81 bits per heavy atom. The van der Waals surface area contributed by atoms with Crippen LogP contribution in [0.1, 0.15) is 34.0 Å². The molecule has 0 aliphatic carbocycles. The lowest BCUT2D eigenvalue weighted by molar-refractivity contribution is 0.102. The molecule has 2 aromatic carbocycles. The van der Waals surface area contributed by atoms with Crippen LogP contribution in [0.2, 0.25) is 0 Å². The molecule has 4 heteroatoms. The monoisotopic (exact) mass is 282 g/mol. The fourth-order valence-electron chi connectivity index (χ4n) is 2.53. The van der Waals surface area contributed by atoms with Gasteiger partial charge >= 0.3 is 0 Å².